The monoisotopic (exact) mass is 666 g/mol. The van der Waals surface area contributed by atoms with Crippen molar-refractivity contribution in [1.29, 1.82) is 0 Å². The lowest BCUT2D eigenvalue weighted by Crippen LogP contribution is -2.11. The number of rotatable bonds is 5. The topological polar surface area (TPSA) is 34.0 Å². The van der Waals surface area contributed by atoms with Crippen molar-refractivity contribution in [2.75, 3.05) is 0 Å². The van der Waals surface area contributed by atoms with Crippen LogP contribution < -0.4 is 4.74 Å². The Balaban J connectivity index is 0.986. The minimum absolute atomic E-state index is 0.154. The second kappa shape index (κ2) is 12.6. The predicted molar refractivity (Wildman–Crippen MR) is 213 cm³/mol. The number of aliphatic imine (C=N–C) groups is 2. The molecule has 0 amide bonds. The summed E-state index contributed by atoms with van der Waals surface area (Å²) < 4.78 is 6.61. The third-order valence-corrected chi connectivity index (χ3v) is 10.6. The lowest BCUT2D eigenvalue weighted by atomic mass is 9.84. The van der Waals surface area contributed by atoms with Gasteiger partial charge in [0.15, 0.2) is 5.84 Å². The molecule has 0 saturated carbocycles. The van der Waals surface area contributed by atoms with E-state index in [4.69, 9.17) is 14.7 Å². The van der Waals surface area contributed by atoms with Gasteiger partial charge in [-0.15, -0.1) is 0 Å². The van der Waals surface area contributed by atoms with Crippen LogP contribution in [0.15, 0.2) is 203 Å². The minimum atomic E-state index is 0.154. The summed E-state index contributed by atoms with van der Waals surface area (Å²) in [6.45, 7) is 0. The fraction of sp³-hybridized carbons (Fsp3) is 0.0612. The average molecular weight is 667 g/mol. The van der Waals surface area contributed by atoms with Gasteiger partial charge in [0.25, 0.3) is 0 Å². The molecular formula is C49H34N2O. The lowest BCUT2D eigenvalue weighted by molar-refractivity contribution is 0.425. The first kappa shape index (κ1) is 30.3. The Morgan fingerprint density at radius 1 is 0.558 bits per heavy atom. The van der Waals surface area contributed by atoms with Gasteiger partial charge in [-0.2, -0.15) is 0 Å². The van der Waals surface area contributed by atoms with Crippen molar-refractivity contribution in [3.05, 3.63) is 227 Å². The Morgan fingerprint density at radius 3 is 2.08 bits per heavy atom. The van der Waals surface area contributed by atoms with E-state index in [-0.39, 0.29) is 11.8 Å². The number of fused-ring (bicyclic) bond motifs is 6. The maximum atomic E-state index is 6.61. The molecule has 0 bridgehead atoms. The van der Waals surface area contributed by atoms with E-state index in [2.05, 4.69) is 146 Å². The summed E-state index contributed by atoms with van der Waals surface area (Å²) in [6, 6.07) is 53.8. The second-order valence-corrected chi connectivity index (χ2v) is 13.7. The first-order valence-electron chi connectivity index (χ1n) is 18.0. The SMILES string of the molecule is C1=CC(C2=CCC3C(=C2)Oc2ccc(C4c5ccccc5-c5ccc(-c6ccccc6)cc54)cc23)=NC(c2ccccc2)=N/C(c2ccccc2)=C/1. The Hall–Kier alpha value is -6.58. The van der Waals surface area contributed by atoms with Gasteiger partial charge in [0.05, 0.1) is 11.4 Å². The number of amidine groups is 1. The molecule has 0 fully saturated rings. The molecule has 0 N–H and O–H groups in total. The van der Waals surface area contributed by atoms with Crippen LogP contribution in [0, 0.1) is 0 Å². The number of allylic oxidation sites excluding steroid dienone is 7. The van der Waals surface area contributed by atoms with E-state index in [1.54, 1.807) is 0 Å². The van der Waals surface area contributed by atoms with Crippen LogP contribution in [-0.4, -0.2) is 11.5 Å². The van der Waals surface area contributed by atoms with Gasteiger partial charge < -0.3 is 4.74 Å². The minimum Gasteiger partial charge on any atom is -0.461 e. The highest BCUT2D eigenvalue weighted by molar-refractivity contribution is 6.19. The fourth-order valence-corrected chi connectivity index (χ4v) is 8.05. The number of benzene rings is 6. The van der Waals surface area contributed by atoms with Crippen LogP contribution in [0.1, 0.15) is 51.6 Å². The van der Waals surface area contributed by atoms with Crippen molar-refractivity contribution in [3.8, 4) is 28.0 Å². The van der Waals surface area contributed by atoms with Crippen molar-refractivity contribution in [1.82, 2.24) is 0 Å². The molecule has 6 aromatic carbocycles. The highest BCUT2D eigenvalue weighted by atomic mass is 16.5. The quantitative estimate of drug-likeness (QED) is 0.180. The third kappa shape index (κ3) is 5.30. The van der Waals surface area contributed by atoms with E-state index in [1.165, 1.54) is 44.5 Å². The zero-order valence-corrected chi connectivity index (χ0v) is 28.5. The van der Waals surface area contributed by atoms with Gasteiger partial charge in [-0.05, 0) is 81.3 Å². The molecule has 0 aromatic heterocycles. The largest absolute Gasteiger partial charge is 0.461 e. The van der Waals surface area contributed by atoms with E-state index >= 15 is 0 Å². The molecule has 246 valence electrons. The summed E-state index contributed by atoms with van der Waals surface area (Å²) in [6.07, 6.45) is 11.5. The molecule has 2 atom stereocenters. The molecule has 2 unspecified atom stereocenters. The van der Waals surface area contributed by atoms with Crippen LogP contribution >= 0.6 is 0 Å². The third-order valence-electron chi connectivity index (χ3n) is 10.6. The normalized spacial score (nSPS) is 19.2. The van der Waals surface area contributed by atoms with E-state index in [0.717, 1.165) is 46.0 Å². The van der Waals surface area contributed by atoms with Crippen LogP contribution in [0.4, 0.5) is 0 Å². The Labute approximate surface area is 304 Å². The molecule has 3 nitrogen and oxygen atoms in total. The van der Waals surface area contributed by atoms with E-state index < -0.39 is 0 Å². The van der Waals surface area contributed by atoms with Gasteiger partial charge >= 0.3 is 0 Å². The highest BCUT2D eigenvalue weighted by Gasteiger charge is 2.35. The van der Waals surface area contributed by atoms with E-state index in [0.29, 0.717) is 5.84 Å². The smallest absolute Gasteiger partial charge is 0.160 e. The fourth-order valence-electron chi connectivity index (χ4n) is 8.05. The average Bonchev–Trinajstić information content (AvgIpc) is 3.73. The molecule has 10 rings (SSSR count). The van der Waals surface area contributed by atoms with Crippen molar-refractivity contribution < 1.29 is 4.74 Å². The zero-order valence-electron chi connectivity index (χ0n) is 28.5. The summed E-state index contributed by atoms with van der Waals surface area (Å²) in [7, 11) is 0. The van der Waals surface area contributed by atoms with Gasteiger partial charge in [-0.1, -0.05) is 152 Å². The van der Waals surface area contributed by atoms with E-state index in [1.807, 2.05) is 36.4 Å². The molecule has 2 heterocycles. The molecule has 0 radical (unpaired) electrons. The van der Waals surface area contributed by atoms with Gasteiger partial charge in [0, 0.05) is 28.5 Å². The van der Waals surface area contributed by atoms with Crippen molar-refractivity contribution >= 4 is 17.2 Å². The van der Waals surface area contributed by atoms with Gasteiger partial charge in [-0.3, -0.25) is 0 Å². The molecule has 0 spiro atoms. The Bertz CT molecular complexity index is 2550. The van der Waals surface area contributed by atoms with Gasteiger partial charge in [0.1, 0.15) is 11.5 Å². The number of ether oxygens (including phenoxy) is 1. The van der Waals surface area contributed by atoms with Gasteiger partial charge in [-0.25, -0.2) is 9.98 Å². The van der Waals surface area contributed by atoms with E-state index in [9.17, 15) is 0 Å². The Kier molecular flexibility index (Phi) is 7.35. The summed E-state index contributed by atoms with van der Waals surface area (Å²) >= 11 is 0. The number of hydrogen-bond donors (Lipinski definition) is 0. The van der Waals surface area contributed by atoms with Crippen LogP contribution in [0.3, 0.4) is 0 Å². The predicted octanol–water partition coefficient (Wildman–Crippen LogP) is 11.7. The Morgan fingerprint density at radius 2 is 1.27 bits per heavy atom. The van der Waals surface area contributed by atoms with Crippen LogP contribution in [0.2, 0.25) is 0 Å². The lowest BCUT2D eigenvalue weighted by Gasteiger charge is -2.19. The zero-order chi connectivity index (χ0) is 34.4. The van der Waals surface area contributed by atoms with Crippen LogP contribution in [0.5, 0.6) is 5.75 Å². The molecule has 0 saturated heterocycles. The van der Waals surface area contributed by atoms with Crippen molar-refractivity contribution in [2.24, 2.45) is 9.98 Å². The highest BCUT2D eigenvalue weighted by Crippen LogP contribution is 2.52. The molecule has 2 aliphatic heterocycles. The van der Waals surface area contributed by atoms with Crippen molar-refractivity contribution in [2.45, 2.75) is 18.3 Å². The molecular weight excluding hydrogens is 633 g/mol. The maximum absolute atomic E-state index is 6.61. The van der Waals surface area contributed by atoms with Crippen LogP contribution in [0.25, 0.3) is 28.0 Å². The second-order valence-electron chi connectivity index (χ2n) is 13.7. The molecule has 3 heteroatoms. The summed E-state index contributed by atoms with van der Waals surface area (Å²) in [5.74, 6) is 2.91. The maximum Gasteiger partial charge on any atom is 0.160 e. The van der Waals surface area contributed by atoms with Crippen LogP contribution in [-0.2, 0) is 0 Å². The number of hydrogen-bond acceptors (Lipinski definition) is 3. The first-order valence-corrected chi connectivity index (χ1v) is 18.0. The molecule has 6 aromatic rings. The van der Waals surface area contributed by atoms with Crippen molar-refractivity contribution in [3.63, 3.8) is 0 Å². The number of nitrogens with zero attached hydrogens (tertiary/aromatic N) is 2. The van der Waals surface area contributed by atoms with Gasteiger partial charge in [0.2, 0.25) is 0 Å². The summed E-state index contributed by atoms with van der Waals surface area (Å²) in [5, 5.41) is 0. The molecule has 2 aliphatic carbocycles. The summed E-state index contributed by atoms with van der Waals surface area (Å²) in [4.78, 5) is 10.3. The molecule has 4 aliphatic rings. The summed E-state index contributed by atoms with van der Waals surface area (Å²) in [5.41, 5.74) is 15.2. The first-order chi connectivity index (χ1) is 25.8. The standard InChI is InChI=1S/C49H34N2O/c1-4-13-32(14-5-1)35-23-26-39-38-19-10-11-20-41(38)48(43(39)29-35)37-25-28-46-42(30-37)40-27-24-36(31-47(40)52-46)45-22-12-21-44(33-15-6-2-7-16-33)50-49(51-45)34-17-8-3-9-18-34/h1-26,28-31,40,48H,27H2/b21-12?,22-12?,44-21+,45-22?,50-44?,50-49?,51-45?,51-49?. The molecule has 52 heavy (non-hydrogen) atoms.